The van der Waals surface area contributed by atoms with E-state index in [-0.39, 0.29) is 25.3 Å². The van der Waals surface area contributed by atoms with Crippen molar-refractivity contribution in [3.05, 3.63) is 42.5 Å². The molecule has 0 spiro atoms. The summed E-state index contributed by atoms with van der Waals surface area (Å²) in [6, 6.07) is 5.77. The van der Waals surface area contributed by atoms with E-state index in [2.05, 4.69) is 36.9 Å². The molecule has 16 unspecified atom stereocenters. The molecule has 8 saturated heterocycles. The molecule has 2 aromatic rings. The number of benzene rings is 2. The Hall–Kier alpha value is -6.95. The predicted octanol–water partition coefficient (Wildman–Crippen LogP) is -12.3. The van der Waals surface area contributed by atoms with E-state index >= 15 is 4.79 Å². The van der Waals surface area contributed by atoms with Crippen molar-refractivity contribution in [2.45, 2.75) is 307 Å². The molecule has 130 heavy (non-hydrogen) atoms. The molecule has 0 aliphatic carbocycles. The Morgan fingerprint density at radius 1 is 0.392 bits per heavy atom. The number of rotatable bonds is 32. The topological polar surface area (TPSA) is 739 Å². The van der Waals surface area contributed by atoms with E-state index in [1.807, 2.05) is 36.6 Å². The van der Waals surface area contributed by atoms with Crippen molar-refractivity contribution in [1.29, 1.82) is 0 Å². The number of carbonyl (C=O) groups is 9. The molecule has 40 atom stereocenters. The molecule has 9 heterocycles. The van der Waals surface area contributed by atoms with Gasteiger partial charge in [-0.05, 0) is 49.9 Å². The van der Waals surface area contributed by atoms with Crippen molar-refractivity contribution in [3.63, 3.8) is 0 Å². The molecule has 11 rings (SSSR count). The van der Waals surface area contributed by atoms with Gasteiger partial charge in [-0.1, -0.05) is 23.9 Å². The number of aliphatic hydroxyl groups is 17. The van der Waals surface area contributed by atoms with Crippen molar-refractivity contribution in [1.82, 2.24) is 32.1 Å². The zero-order chi connectivity index (χ0) is 95.0. The van der Waals surface area contributed by atoms with Crippen LogP contribution in [0.1, 0.15) is 47.5 Å². The standard InChI is InChI=1S/C77H111N7O44S2/c1-24-39(79-25(2)89)43(94)56(32(20-85)114-24)118-76-54(105)50(101)61(65(127-76)69(109)112-7)123-73-42(82-28(5)92)46(97)58(34(22-87)117-73)120-75-53(104)49(100)60(64(126-75)67(107)83-78-18-12-15-38(93)84-30-13-10-11-14-36(30)130-37-17-16-29(129-9)19-31(37)84)122-71-40(80-26(3)90)44(95)59(35(23-88)115-71)121-77-55(106)51(102)62(66(128-77)70(110)113-8)124-72-41(81-27(4)91)45(96)57(33(21-86)116-72)119-74-52(103)47(98)48(99)63(125-74)68(108)111-6/h10-11,13-14,16-17,19,24,32-35,39-66,71-78,85-88,94-106H,12,15,18,20-23H2,1-9H3,(H,79,89)(H,80,90)(H,81,91)(H,82,92)(H,83,107)/t24-,32?,33?,34?,35?,39?,40?,41?,42?,43-,44-,45-,46-,47+,48-,49-,50-,51-,52?,53?,54?,55?,56-,57-,58-,59-,60-,61-,62-,63?,64?,65?,66?,71-,72-,73-,74+,75+,76+,77+/m0/s1. The summed E-state index contributed by atoms with van der Waals surface area (Å²) in [6.07, 6.45) is -74.6. The molecule has 9 aliphatic rings. The lowest BCUT2D eigenvalue weighted by molar-refractivity contribution is -0.381. The van der Waals surface area contributed by atoms with Crippen molar-refractivity contribution >= 4 is 88.2 Å². The summed E-state index contributed by atoms with van der Waals surface area (Å²) in [5, 5.41) is 205. The first-order valence-electron chi connectivity index (χ1n) is 41.0. The van der Waals surface area contributed by atoms with E-state index < -0.39 is 319 Å². The third kappa shape index (κ3) is 22.7. The smallest absolute Gasteiger partial charge is 0.337 e. The van der Waals surface area contributed by atoms with Crippen LogP contribution in [0, 0.1) is 0 Å². The average molecular weight is 1900 g/mol. The third-order valence-corrected chi connectivity index (χ3v) is 24.7. The van der Waals surface area contributed by atoms with Gasteiger partial charge in [0.25, 0.3) is 5.91 Å². The number of carbonyl (C=O) groups excluding carboxylic acids is 9. The summed E-state index contributed by atoms with van der Waals surface area (Å²) in [5.41, 5.74) is 6.24. The number of nitrogens with one attached hydrogen (secondary N) is 6. The van der Waals surface area contributed by atoms with Crippen LogP contribution in [0.4, 0.5) is 11.4 Å². The monoisotopic (exact) mass is 1900 g/mol. The fourth-order valence-electron chi connectivity index (χ4n) is 16.4. The first-order chi connectivity index (χ1) is 61.8. The Bertz CT molecular complexity index is 4200. The summed E-state index contributed by atoms with van der Waals surface area (Å²) in [6.45, 7) is 0.836. The number of methoxy groups -OCH3 is 3. The normalized spacial score (nSPS) is 40.2. The van der Waals surface area contributed by atoms with Gasteiger partial charge in [-0.15, -0.1) is 11.8 Å². The second-order valence-corrected chi connectivity index (χ2v) is 33.6. The number of nitrogens with zero attached hydrogens (tertiary/aromatic N) is 1. The minimum Gasteiger partial charge on any atom is -0.467 e. The number of anilines is 2. The van der Waals surface area contributed by atoms with Crippen LogP contribution in [0.5, 0.6) is 0 Å². The number of aliphatic hydroxyl groups excluding tert-OH is 17. The number of hydrazine groups is 1. The minimum absolute atomic E-state index is 0.00144. The average Bonchev–Trinajstić information content (AvgIpc) is 0.766. The molecule has 9 aliphatic heterocycles. The van der Waals surface area contributed by atoms with E-state index in [0.29, 0.717) is 11.4 Å². The molecule has 2 aromatic carbocycles. The zero-order valence-corrected chi connectivity index (χ0v) is 72.6. The fraction of sp³-hybridized carbons (Fsp3) is 0.727. The molecule has 730 valence electrons. The van der Waals surface area contributed by atoms with Gasteiger partial charge in [0.2, 0.25) is 29.5 Å². The molecule has 6 amide bonds. The van der Waals surface area contributed by atoms with E-state index in [1.54, 1.807) is 17.0 Å². The van der Waals surface area contributed by atoms with Crippen LogP contribution in [0.2, 0.25) is 0 Å². The fourth-order valence-corrected chi connectivity index (χ4v) is 17.9. The van der Waals surface area contributed by atoms with E-state index in [9.17, 15) is 125 Å². The van der Waals surface area contributed by atoms with Crippen LogP contribution in [-0.4, -0.2) is 446 Å². The van der Waals surface area contributed by atoms with Gasteiger partial charge in [0, 0.05) is 55.3 Å². The number of hydrogen-bond donors (Lipinski definition) is 23. The van der Waals surface area contributed by atoms with E-state index in [0.717, 1.165) is 63.7 Å². The predicted molar refractivity (Wildman–Crippen MR) is 423 cm³/mol. The first kappa shape index (κ1) is 104. The highest BCUT2D eigenvalue weighted by Crippen LogP contribution is 2.50. The van der Waals surface area contributed by atoms with Crippen molar-refractivity contribution in [2.24, 2.45) is 0 Å². The molecule has 51 nitrogen and oxygen atoms in total. The van der Waals surface area contributed by atoms with Gasteiger partial charge in [0.1, 0.15) is 165 Å². The zero-order valence-electron chi connectivity index (χ0n) is 71.0. The molecule has 0 radical (unpaired) electrons. The molecule has 0 bridgehead atoms. The van der Waals surface area contributed by atoms with Crippen LogP contribution in [0.15, 0.2) is 57.2 Å². The Morgan fingerprint density at radius 3 is 1.14 bits per heavy atom. The number of esters is 3. The number of para-hydroxylation sites is 1. The minimum atomic E-state index is -2.53. The summed E-state index contributed by atoms with van der Waals surface area (Å²) in [7, 11) is 2.62. The molecule has 0 saturated carbocycles. The highest BCUT2D eigenvalue weighted by Gasteiger charge is 2.62. The summed E-state index contributed by atoms with van der Waals surface area (Å²) in [4.78, 5) is 125. The molecule has 0 aromatic heterocycles. The molecular weight excluding hydrogens is 1790 g/mol. The van der Waals surface area contributed by atoms with Crippen LogP contribution in [0.3, 0.4) is 0 Å². The lowest BCUT2D eigenvalue weighted by Crippen LogP contribution is -2.71. The van der Waals surface area contributed by atoms with Gasteiger partial charge >= 0.3 is 17.9 Å². The van der Waals surface area contributed by atoms with Crippen molar-refractivity contribution in [3.8, 4) is 0 Å². The third-order valence-electron chi connectivity index (χ3n) is 22.9. The number of amides is 6. The lowest BCUT2D eigenvalue weighted by Gasteiger charge is -2.51. The number of ether oxygens (including phenoxy) is 18. The summed E-state index contributed by atoms with van der Waals surface area (Å²) < 4.78 is 104. The molecule has 53 heteroatoms. The maximum absolute atomic E-state index is 15.0. The van der Waals surface area contributed by atoms with Gasteiger partial charge in [0.15, 0.2) is 68.4 Å². The van der Waals surface area contributed by atoms with Crippen molar-refractivity contribution < 1.29 is 215 Å². The van der Waals surface area contributed by atoms with E-state index in [1.165, 1.54) is 30.4 Å². The van der Waals surface area contributed by atoms with Crippen molar-refractivity contribution in [2.75, 3.05) is 65.5 Å². The molecule has 8 fully saturated rings. The van der Waals surface area contributed by atoms with Gasteiger partial charge in [-0.3, -0.25) is 39.1 Å². The number of fused-ring (bicyclic) bond motifs is 2. The Balaban J connectivity index is 0.830. The van der Waals surface area contributed by atoms with Gasteiger partial charge in [-0.25, -0.2) is 19.8 Å². The second-order valence-electron chi connectivity index (χ2n) is 31.6. The van der Waals surface area contributed by atoms with Gasteiger partial charge in [-0.2, -0.15) is 0 Å². The molecule has 23 N–H and O–H groups in total. The highest BCUT2D eigenvalue weighted by atomic mass is 32.2. The summed E-state index contributed by atoms with van der Waals surface area (Å²) >= 11 is 2.92. The largest absolute Gasteiger partial charge is 0.467 e. The number of thioether (sulfide) groups is 1. The quantitative estimate of drug-likeness (QED) is 0.0106. The highest BCUT2D eigenvalue weighted by molar-refractivity contribution is 8.00. The second kappa shape index (κ2) is 45.6. The van der Waals surface area contributed by atoms with Crippen LogP contribution in [0.25, 0.3) is 0 Å². The Labute approximate surface area is 747 Å². The molecular formula is C77H111N7O44S2. The van der Waals surface area contributed by atoms with E-state index in [4.69, 9.17) is 80.5 Å². The SMILES string of the molecule is COC(=O)C1O[C@@H](O[C@H]2C(CO)O[C@@H](O[C@@H]3C(C(=O)OC)O[C@@H](O[C@H]4C(CO)O[C@@H](O[C@@H]5C(C(=O)NNCCCC(=O)N6c7ccccc7Sc7ccc(SC)cc76)O[C@@H](O[C@H]6C(CO)O[C@@H](O[C@@H]7C(C(=O)OC)O[C@@H](O[C@H]8C(CO)O[C@@H](C)C(NC(C)=O)[C@@H]8O)C(O)[C@@H]7O)C(NC(C)=O)[C@@H]6O)C(O)[C@@H]5O)C(NC(C)=O)[C@@H]4O)C(O)[C@@H]3O)C(NC(C)=O)[C@@H]2O)C(O)[C@H](O)[C@@H]1O. The van der Waals surface area contributed by atoms with Gasteiger partial charge < -0.3 is 193 Å². The van der Waals surface area contributed by atoms with Gasteiger partial charge in [0.05, 0.1) is 71.3 Å². The summed E-state index contributed by atoms with van der Waals surface area (Å²) in [5.74, 6) is -9.17. The number of hydrogen-bond acceptors (Lipinski definition) is 47. The Morgan fingerprint density at radius 2 is 0.738 bits per heavy atom. The van der Waals surface area contributed by atoms with Crippen LogP contribution in [-0.2, 0) is 128 Å². The first-order valence-corrected chi connectivity index (χ1v) is 43.1. The lowest BCUT2D eigenvalue weighted by atomic mass is 9.92. The van der Waals surface area contributed by atoms with Crippen LogP contribution >= 0.6 is 23.5 Å². The Kier molecular flexibility index (Phi) is 36.3. The maximum Gasteiger partial charge on any atom is 0.337 e. The van der Waals surface area contributed by atoms with Crippen LogP contribution < -0.4 is 37.0 Å². The maximum atomic E-state index is 15.0.